The zero-order valence-corrected chi connectivity index (χ0v) is 10.1. The summed E-state index contributed by atoms with van der Waals surface area (Å²) in [6.07, 6.45) is 1.72. The molecule has 1 nitrogen and oxygen atoms in total. The quantitative estimate of drug-likeness (QED) is 0.694. The molecule has 0 aromatic carbocycles. The number of alkyl halides is 1. The fourth-order valence-corrected chi connectivity index (χ4v) is 1.32. The molecular formula is C9H14FNP2. The molecule has 13 heavy (non-hydrogen) atoms. The molecule has 1 rings (SSSR count). The summed E-state index contributed by atoms with van der Waals surface area (Å²) in [6.45, 7) is 4.17. The highest BCUT2D eigenvalue weighted by Gasteiger charge is 2.20. The first kappa shape index (κ1) is 11.0. The van der Waals surface area contributed by atoms with Crippen LogP contribution in [0.5, 0.6) is 0 Å². The summed E-state index contributed by atoms with van der Waals surface area (Å²) in [5.41, 5.74) is 1.55. The minimum absolute atomic E-state index is 0.423. The molecule has 4 heteroatoms. The van der Waals surface area contributed by atoms with E-state index in [9.17, 15) is 4.39 Å². The van der Waals surface area contributed by atoms with Crippen molar-refractivity contribution < 1.29 is 4.39 Å². The number of hydrogen-bond donors (Lipinski definition) is 0. The van der Waals surface area contributed by atoms with Crippen LogP contribution in [0.3, 0.4) is 0 Å². The Hall–Kier alpha value is -0.0600. The number of aromatic nitrogens is 1. The molecule has 0 fully saturated rings. The predicted octanol–water partition coefficient (Wildman–Crippen LogP) is 3.04. The third kappa shape index (κ3) is 2.97. The molecule has 0 aliphatic heterocycles. The van der Waals surface area contributed by atoms with Gasteiger partial charge in [0.2, 0.25) is 0 Å². The Morgan fingerprint density at radius 2 is 2.00 bits per heavy atom. The van der Waals surface area contributed by atoms with E-state index in [4.69, 9.17) is 0 Å². The van der Waals surface area contributed by atoms with E-state index in [1.807, 2.05) is 6.07 Å². The lowest BCUT2D eigenvalue weighted by molar-refractivity contribution is 0.414. The Bertz CT molecular complexity index is 277. The summed E-state index contributed by atoms with van der Waals surface area (Å²) in [7, 11) is 4.21. The SMILES string of the molecule is CC(C)c1ccc(C(F)(P)P)nc1. The Morgan fingerprint density at radius 3 is 2.31 bits per heavy atom. The largest absolute Gasteiger partial charge is 0.257 e. The van der Waals surface area contributed by atoms with Crippen LogP contribution in [0.15, 0.2) is 18.3 Å². The first-order chi connectivity index (χ1) is 5.91. The number of pyridine rings is 1. The molecule has 0 spiro atoms. The Kier molecular flexibility index (Phi) is 3.38. The van der Waals surface area contributed by atoms with Gasteiger partial charge in [-0.05, 0) is 17.5 Å². The predicted molar refractivity (Wildman–Crippen MR) is 60.5 cm³/mol. The van der Waals surface area contributed by atoms with Crippen molar-refractivity contribution in [2.75, 3.05) is 0 Å². The molecule has 0 saturated carbocycles. The number of rotatable bonds is 2. The lowest BCUT2D eigenvalue weighted by Crippen LogP contribution is -2.03. The van der Waals surface area contributed by atoms with Gasteiger partial charge in [0.1, 0.15) is 0 Å². The van der Waals surface area contributed by atoms with Crippen molar-refractivity contribution in [1.29, 1.82) is 0 Å². The normalized spacial score (nSPS) is 12.2. The first-order valence-electron chi connectivity index (χ1n) is 4.14. The number of hydrogen-bond acceptors (Lipinski definition) is 1. The maximum absolute atomic E-state index is 13.3. The molecule has 0 amide bonds. The lowest BCUT2D eigenvalue weighted by Gasteiger charge is -2.13. The highest BCUT2D eigenvalue weighted by molar-refractivity contribution is 7.38. The van der Waals surface area contributed by atoms with Crippen molar-refractivity contribution in [2.45, 2.75) is 24.9 Å². The Labute approximate surface area is 82.9 Å². The van der Waals surface area contributed by atoms with Crippen molar-refractivity contribution >= 4 is 18.5 Å². The van der Waals surface area contributed by atoms with Crippen LogP contribution in [0, 0.1) is 0 Å². The van der Waals surface area contributed by atoms with Gasteiger partial charge >= 0.3 is 0 Å². The minimum atomic E-state index is -1.50. The van der Waals surface area contributed by atoms with Gasteiger partial charge in [0.25, 0.3) is 0 Å². The molecule has 1 aromatic heterocycles. The molecule has 0 bridgehead atoms. The third-order valence-electron chi connectivity index (χ3n) is 1.85. The Morgan fingerprint density at radius 1 is 1.38 bits per heavy atom. The molecule has 0 aliphatic carbocycles. The second kappa shape index (κ2) is 3.98. The molecule has 0 aliphatic rings. The van der Waals surface area contributed by atoms with Gasteiger partial charge in [-0.25, -0.2) is 4.39 Å². The van der Waals surface area contributed by atoms with Crippen LogP contribution in [-0.2, 0) is 5.15 Å². The van der Waals surface area contributed by atoms with Crippen molar-refractivity contribution in [1.82, 2.24) is 4.98 Å². The van der Waals surface area contributed by atoms with Crippen LogP contribution in [0.25, 0.3) is 0 Å². The zero-order chi connectivity index (χ0) is 10.1. The van der Waals surface area contributed by atoms with E-state index in [-0.39, 0.29) is 0 Å². The fraction of sp³-hybridized carbons (Fsp3) is 0.444. The van der Waals surface area contributed by atoms with E-state index >= 15 is 0 Å². The topological polar surface area (TPSA) is 12.9 Å². The second-order valence-electron chi connectivity index (χ2n) is 3.40. The summed E-state index contributed by atoms with van der Waals surface area (Å²) in [5.74, 6) is 0.435. The lowest BCUT2D eigenvalue weighted by atomic mass is 10.1. The molecular weight excluding hydrogens is 203 g/mol. The maximum atomic E-state index is 13.3. The van der Waals surface area contributed by atoms with Gasteiger partial charge in [-0.3, -0.25) is 4.98 Å². The van der Waals surface area contributed by atoms with Crippen LogP contribution >= 0.6 is 18.5 Å². The van der Waals surface area contributed by atoms with E-state index in [2.05, 4.69) is 37.3 Å². The highest BCUT2D eigenvalue weighted by atomic mass is 31.1. The van der Waals surface area contributed by atoms with Gasteiger partial charge in [0, 0.05) is 6.20 Å². The van der Waals surface area contributed by atoms with Crippen molar-refractivity contribution in [3.05, 3.63) is 29.6 Å². The van der Waals surface area contributed by atoms with Crippen LogP contribution in [0.4, 0.5) is 4.39 Å². The van der Waals surface area contributed by atoms with Gasteiger partial charge in [-0.15, -0.1) is 0 Å². The standard InChI is InChI=1S/C9H14FNP2/c1-6(2)7-3-4-8(11-5-7)9(10,12)13/h3-6H,12-13H2,1-2H3. The van der Waals surface area contributed by atoms with Gasteiger partial charge in [0.05, 0.1) is 5.69 Å². The van der Waals surface area contributed by atoms with Crippen molar-refractivity contribution in [3.63, 3.8) is 0 Å². The number of nitrogens with zero attached hydrogens (tertiary/aromatic N) is 1. The van der Waals surface area contributed by atoms with E-state index in [1.165, 1.54) is 0 Å². The van der Waals surface area contributed by atoms with Crippen LogP contribution in [-0.4, -0.2) is 4.98 Å². The van der Waals surface area contributed by atoms with Gasteiger partial charge in [-0.1, -0.05) is 38.4 Å². The first-order valence-corrected chi connectivity index (χ1v) is 5.30. The Balaban J connectivity index is 2.94. The van der Waals surface area contributed by atoms with Gasteiger partial charge < -0.3 is 0 Å². The summed E-state index contributed by atoms with van der Waals surface area (Å²) >= 11 is 0. The van der Waals surface area contributed by atoms with E-state index in [0.717, 1.165) is 5.56 Å². The minimum Gasteiger partial charge on any atom is -0.257 e. The molecule has 1 aromatic rings. The molecule has 0 radical (unpaired) electrons. The molecule has 0 N–H and O–H groups in total. The monoisotopic (exact) mass is 217 g/mol. The van der Waals surface area contributed by atoms with Crippen LogP contribution in [0.1, 0.15) is 31.0 Å². The fourth-order valence-electron chi connectivity index (χ4n) is 0.973. The average Bonchev–Trinajstić information content (AvgIpc) is 2.03. The zero-order valence-electron chi connectivity index (χ0n) is 7.79. The van der Waals surface area contributed by atoms with Crippen LogP contribution in [0.2, 0.25) is 0 Å². The number of halogens is 1. The molecule has 0 saturated heterocycles. The summed E-state index contributed by atoms with van der Waals surface area (Å²) in [4.78, 5) is 4.05. The van der Waals surface area contributed by atoms with Crippen molar-refractivity contribution in [2.24, 2.45) is 0 Å². The van der Waals surface area contributed by atoms with Gasteiger partial charge in [0.15, 0.2) is 5.15 Å². The third-order valence-corrected chi connectivity index (χ3v) is 2.44. The molecule has 2 atom stereocenters. The summed E-state index contributed by atoms with van der Waals surface area (Å²) in [6, 6.07) is 3.63. The maximum Gasteiger partial charge on any atom is 0.177 e. The molecule has 72 valence electrons. The molecule has 1 heterocycles. The van der Waals surface area contributed by atoms with Gasteiger partial charge in [-0.2, -0.15) is 0 Å². The smallest absolute Gasteiger partial charge is 0.177 e. The van der Waals surface area contributed by atoms with E-state index < -0.39 is 5.15 Å². The van der Waals surface area contributed by atoms with Crippen molar-refractivity contribution in [3.8, 4) is 0 Å². The highest BCUT2D eigenvalue weighted by Crippen LogP contribution is 2.38. The second-order valence-corrected chi connectivity index (χ2v) is 5.75. The molecule has 2 unspecified atom stereocenters. The van der Waals surface area contributed by atoms with E-state index in [1.54, 1.807) is 12.3 Å². The average molecular weight is 217 g/mol. The summed E-state index contributed by atoms with van der Waals surface area (Å²) < 4.78 is 13.3. The van der Waals surface area contributed by atoms with Crippen LogP contribution < -0.4 is 0 Å². The van der Waals surface area contributed by atoms with E-state index in [0.29, 0.717) is 11.6 Å². The summed E-state index contributed by atoms with van der Waals surface area (Å²) in [5, 5.41) is -1.50.